The molecule has 0 aromatic heterocycles. The molecule has 1 aromatic carbocycles. The van der Waals surface area contributed by atoms with Gasteiger partial charge in [-0.3, -0.25) is 0 Å². The normalized spacial score (nSPS) is 26.8. The van der Waals surface area contributed by atoms with Crippen LogP contribution in [0.5, 0.6) is 0 Å². The molecule has 21 heavy (non-hydrogen) atoms. The maximum Gasteiger partial charge on any atom is 0.245 e. The summed E-state index contributed by atoms with van der Waals surface area (Å²) in [5, 5.41) is -0.150. The summed E-state index contributed by atoms with van der Waals surface area (Å²) in [5.41, 5.74) is 5.25. The number of nitrogen functional groups attached to an aromatic ring is 1. The van der Waals surface area contributed by atoms with E-state index >= 15 is 0 Å². The van der Waals surface area contributed by atoms with E-state index in [0.29, 0.717) is 6.61 Å². The van der Waals surface area contributed by atoms with Gasteiger partial charge in [0.25, 0.3) is 0 Å². The Morgan fingerprint density at radius 3 is 2.90 bits per heavy atom. The van der Waals surface area contributed by atoms with E-state index in [1.807, 2.05) is 0 Å². The molecule has 2 aliphatic rings. The van der Waals surface area contributed by atoms with Crippen LogP contribution in [-0.4, -0.2) is 38.0 Å². The van der Waals surface area contributed by atoms with Crippen LogP contribution >= 0.6 is 11.6 Å². The minimum atomic E-state index is -3.81. The molecule has 2 fully saturated rings. The molecular weight excluding hydrogens is 319 g/mol. The Hall–Kier alpha value is -0.890. The smallest absolute Gasteiger partial charge is 0.245 e. The summed E-state index contributed by atoms with van der Waals surface area (Å²) in [5.74, 6) is -0.723. The fourth-order valence-electron chi connectivity index (χ4n) is 3.06. The SMILES string of the molecule is Nc1cc(S(=O)(=O)N2CCOC3CCCC32)c(Cl)cc1F. The number of halogens is 2. The molecule has 1 aliphatic heterocycles. The zero-order valence-corrected chi connectivity index (χ0v) is 12.8. The predicted molar refractivity (Wildman–Crippen MR) is 77.1 cm³/mol. The molecular formula is C13H16ClFN2O3S. The van der Waals surface area contributed by atoms with Gasteiger partial charge >= 0.3 is 0 Å². The molecule has 1 aromatic rings. The maximum absolute atomic E-state index is 13.4. The lowest BCUT2D eigenvalue weighted by Gasteiger charge is -2.36. The second-order valence-corrected chi connectivity index (χ2v) is 7.59. The molecule has 5 nitrogen and oxygen atoms in total. The average molecular weight is 335 g/mol. The van der Waals surface area contributed by atoms with E-state index in [1.54, 1.807) is 0 Å². The van der Waals surface area contributed by atoms with Crippen LogP contribution in [0.4, 0.5) is 10.1 Å². The molecule has 3 rings (SSSR count). The van der Waals surface area contributed by atoms with E-state index < -0.39 is 15.8 Å². The Morgan fingerprint density at radius 1 is 1.38 bits per heavy atom. The fourth-order valence-corrected chi connectivity index (χ4v) is 5.25. The summed E-state index contributed by atoms with van der Waals surface area (Å²) in [6.07, 6.45) is 2.49. The molecule has 1 saturated carbocycles. The molecule has 2 N–H and O–H groups in total. The van der Waals surface area contributed by atoms with E-state index in [4.69, 9.17) is 22.1 Å². The van der Waals surface area contributed by atoms with Crippen LogP contribution in [0, 0.1) is 5.82 Å². The number of morpholine rings is 1. The van der Waals surface area contributed by atoms with Crippen molar-refractivity contribution in [3.63, 3.8) is 0 Å². The van der Waals surface area contributed by atoms with Crippen molar-refractivity contribution in [3.05, 3.63) is 23.0 Å². The Morgan fingerprint density at radius 2 is 2.14 bits per heavy atom. The lowest BCUT2D eigenvalue weighted by molar-refractivity contribution is -0.0241. The van der Waals surface area contributed by atoms with E-state index in [2.05, 4.69) is 0 Å². The summed E-state index contributed by atoms with van der Waals surface area (Å²) in [4.78, 5) is -0.143. The minimum absolute atomic E-state index is 0.0647. The molecule has 116 valence electrons. The van der Waals surface area contributed by atoms with Crippen molar-refractivity contribution < 1.29 is 17.5 Å². The molecule has 1 heterocycles. The second kappa shape index (κ2) is 5.39. The highest BCUT2D eigenvalue weighted by Gasteiger charge is 2.42. The number of nitrogens with two attached hydrogens (primary N) is 1. The number of benzene rings is 1. The second-order valence-electron chi connectivity index (χ2n) is 5.33. The first kappa shape index (κ1) is 15.0. The van der Waals surface area contributed by atoms with Crippen LogP contribution < -0.4 is 5.73 Å². The molecule has 0 radical (unpaired) electrons. The molecule has 1 aliphatic carbocycles. The van der Waals surface area contributed by atoms with Gasteiger partial charge in [-0.2, -0.15) is 4.31 Å². The van der Waals surface area contributed by atoms with Crippen LogP contribution in [0.25, 0.3) is 0 Å². The summed E-state index contributed by atoms with van der Waals surface area (Å²) >= 11 is 5.92. The first-order chi connectivity index (χ1) is 9.91. The van der Waals surface area contributed by atoms with E-state index in [-0.39, 0.29) is 34.3 Å². The highest BCUT2D eigenvalue weighted by molar-refractivity contribution is 7.89. The van der Waals surface area contributed by atoms with Gasteiger partial charge in [-0.1, -0.05) is 11.6 Å². The number of nitrogens with zero attached hydrogens (tertiary/aromatic N) is 1. The minimum Gasteiger partial charge on any atom is -0.396 e. The Labute approximate surface area is 127 Å². The fraction of sp³-hybridized carbons (Fsp3) is 0.538. The van der Waals surface area contributed by atoms with Crippen LogP contribution in [0.3, 0.4) is 0 Å². The van der Waals surface area contributed by atoms with E-state index in [9.17, 15) is 12.8 Å². The van der Waals surface area contributed by atoms with Crippen molar-refractivity contribution in [3.8, 4) is 0 Å². The maximum atomic E-state index is 13.4. The molecule has 1 saturated heterocycles. The third-order valence-electron chi connectivity index (χ3n) is 4.07. The summed E-state index contributed by atoms with van der Waals surface area (Å²) in [6.45, 7) is 0.631. The van der Waals surface area contributed by atoms with Gasteiger partial charge in [0.15, 0.2) is 0 Å². The Balaban J connectivity index is 2.02. The molecule has 2 atom stereocenters. The molecule has 2 unspecified atom stereocenters. The standard InChI is InChI=1S/C13H16ClFN2O3S/c14-8-6-9(15)10(16)7-13(8)21(18,19)17-4-5-20-12-3-1-2-11(12)17/h6-7,11-12H,1-5,16H2. The third-order valence-corrected chi connectivity index (χ3v) is 6.46. The number of hydrogen-bond donors (Lipinski definition) is 1. The van der Waals surface area contributed by atoms with Crippen LogP contribution in [-0.2, 0) is 14.8 Å². The van der Waals surface area contributed by atoms with Crippen LogP contribution in [0.2, 0.25) is 5.02 Å². The van der Waals surface area contributed by atoms with Crippen molar-refractivity contribution >= 4 is 27.3 Å². The Bertz CT molecular complexity index is 668. The van der Waals surface area contributed by atoms with Crippen molar-refractivity contribution in [2.24, 2.45) is 0 Å². The lowest BCUT2D eigenvalue weighted by atomic mass is 10.2. The van der Waals surface area contributed by atoms with Gasteiger partial charge in [0, 0.05) is 6.54 Å². The Kier molecular flexibility index (Phi) is 3.85. The van der Waals surface area contributed by atoms with Gasteiger partial charge in [-0.05, 0) is 31.4 Å². The van der Waals surface area contributed by atoms with Gasteiger partial charge in [0.05, 0.1) is 29.5 Å². The lowest BCUT2D eigenvalue weighted by Crippen LogP contribution is -2.51. The topological polar surface area (TPSA) is 72.6 Å². The summed E-state index contributed by atoms with van der Waals surface area (Å²) in [6, 6.07) is 1.86. The van der Waals surface area contributed by atoms with Crippen LogP contribution in [0.1, 0.15) is 19.3 Å². The van der Waals surface area contributed by atoms with Gasteiger partial charge < -0.3 is 10.5 Å². The number of hydrogen-bond acceptors (Lipinski definition) is 4. The van der Waals surface area contributed by atoms with Gasteiger partial charge in [-0.25, -0.2) is 12.8 Å². The van der Waals surface area contributed by atoms with Gasteiger partial charge in [-0.15, -0.1) is 0 Å². The highest BCUT2D eigenvalue weighted by Crippen LogP contribution is 2.36. The average Bonchev–Trinajstić information content (AvgIpc) is 2.90. The quantitative estimate of drug-likeness (QED) is 0.840. The number of anilines is 1. The number of ether oxygens (including phenoxy) is 1. The molecule has 0 spiro atoms. The molecule has 0 amide bonds. The summed E-state index contributed by atoms with van der Waals surface area (Å²) in [7, 11) is -3.81. The molecule has 8 heteroatoms. The zero-order valence-electron chi connectivity index (χ0n) is 11.3. The summed E-state index contributed by atoms with van der Waals surface area (Å²) < 4.78 is 46.0. The van der Waals surface area contributed by atoms with Crippen molar-refractivity contribution in [1.82, 2.24) is 4.31 Å². The van der Waals surface area contributed by atoms with Crippen LogP contribution in [0.15, 0.2) is 17.0 Å². The predicted octanol–water partition coefficient (Wildman–Crippen LogP) is 2.00. The first-order valence-electron chi connectivity index (χ1n) is 6.79. The highest BCUT2D eigenvalue weighted by atomic mass is 35.5. The van der Waals surface area contributed by atoms with Crippen molar-refractivity contribution in [2.75, 3.05) is 18.9 Å². The number of fused-ring (bicyclic) bond motifs is 1. The van der Waals surface area contributed by atoms with Crippen molar-refractivity contribution in [1.29, 1.82) is 0 Å². The largest absolute Gasteiger partial charge is 0.396 e. The van der Waals surface area contributed by atoms with Crippen molar-refractivity contribution in [2.45, 2.75) is 36.3 Å². The van der Waals surface area contributed by atoms with E-state index in [0.717, 1.165) is 31.4 Å². The van der Waals surface area contributed by atoms with Gasteiger partial charge in [0.2, 0.25) is 10.0 Å². The number of sulfonamides is 1. The monoisotopic (exact) mass is 334 g/mol. The third kappa shape index (κ3) is 2.52. The molecule has 0 bridgehead atoms. The zero-order chi connectivity index (χ0) is 15.2. The number of rotatable bonds is 2. The van der Waals surface area contributed by atoms with Gasteiger partial charge in [0.1, 0.15) is 10.7 Å². The van der Waals surface area contributed by atoms with E-state index in [1.165, 1.54) is 4.31 Å². The first-order valence-corrected chi connectivity index (χ1v) is 8.61.